The van der Waals surface area contributed by atoms with Crippen LogP contribution in [-0.2, 0) is 13.6 Å². The lowest BCUT2D eigenvalue weighted by Crippen LogP contribution is -2.38. The van der Waals surface area contributed by atoms with Gasteiger partial charge in [0.15, 0.2) is 5.69 Å². The number of carbonyl (C=O) groups excluding carboxylic acids is 2. The third-order valence-corrected chi connectivity index (χ3v) is 4.16. The summed E-state index contributed by atoms with van der Waals surface area (Å²) >= 11 is 0. The van der Waals surface area contributed by atoms with Gasteiger partial charge in [0.05, 0.1) is 37.1 Å². The zero-order chi connectivity index (χ0) is 18.8. The molecule has 10 heteroatoms. The van der Waals surface area contributed by atoms with Gasteiger partial charge in [-0.3, -0.25) is 14.3 Å². The lowest BCUT2D eigenvalue weighted by Gasteiger charge is -2.23. The van der Waals surface area contributed by atoms with E-state index in [1.165, 1.54) is 26.7 Å². The molecule has 0 aliphatic carbocycles. The minimum atomic E-state index is -1.09. The number of hydrogen-bond acceptors (Lipinski definition) is 5. The number of aryl methyl sites for hydroxylation is 1. The summed E-state index contributed by atoms with van der Waals surface area (Å²) in [6.07, 6.45) is 3.71. The Kier molecular flexibility index (Phi) is 5.01. The minimum Gasteiger partial charge on any atom is -0.348 e. The van der Waals surface area contributed by atoms with Crippen molar-refractivity contribution in [3.05, 3.63) is 29.8 Å². The van der Waals surface area contributed by atoms with E-state index in [0.29, 0.717) is 5.56 Å². The first-order chi connectivity index (χ1) is 12.3. The van der Waals surface area contributed by atoms with E-state index in [1.807, 2.05) is 13.8 Å². The molecule has 3 heterocycles. The number of hydrogen-bond donors (Lipinski definition) is 1. The van der Waals surface area contributed by atoms with Gasteiger partial charge in [0, 0.05) is 25.7 Å². The summed E-state index contributed by atoms with van der Waals surface area (Å²) in [7, 11) is 1.72. The van der Waals surface area contributed by atoms with Crippen LogP contribution in [0.4, 0.5) is 4.39 Å². The number of carbonyl (C=O) groups is 2. The van der Waals surface area contributed by atoms with Crippen LogP contribution in [0.2, 0.25) is 0 Å². The summed E-state index contributed by atoms with van der Waals surface area (Å²) in [4.78, 5) is 26.1. The maximum absolute atomic E-state index is 14.0. The molecule has 26 heavy (non-hydrogen) atoms. The molecule has 2 aromatic rings. The second kappa shape index (κ2) is 7.22. The van der Waals surface area contributed by atoms with Gasteiger partial charge in [-0.1, -0.05) is 5.21 Å². The van der Waals surface area contributed by atoms with E-state index in [-0.39, 0.29) is 49.1 Å². The number of nitrogens with one attached hydrogen (secondary N) is 1. The highest BCUT2D eigenvalue weighted by Crippen LogP contribution is 2.24. The average molecular weight is 363 g/mol. The van der Waals surface area contributed by atoms with Gasteiger partial charge in [-0.25, -0.2) is 9.07 Å². The number of alkyl halides is 1. The molecule has 0 spiro atoms. The Bertz CT molecular complexity index is 800. The maximum Gasteiger partial charge on any atom is 0.273 e. The zero-order valence-corrected chi connectivity index (χ0v) is 15.0. The molecule has 1 aliphatic heterocycles. The molecule has 0 radical (unpaired) electrons. The number of halogens is 1. The Hall–Kier alpha value is -2.78. The first-order valence-corrected chi connectivity index (χ1v) is 8.48. The lowest BCUT2D eigenvalue weighted by atomic mass is 10.2. The molecule has 0 saturated carbocycles. The van der Waals surface area contributed by atoms with Crippen LogP contribution in [0.1, 0.15) is 41.1 Å². The summed E-state index contributed by atoms with van der Waals surface area (Å²) in [5.74, 6) is -0.578. The van der Waals surface area contributed by atoms with Gasteiger partial charge < -0.3 is 10.2 Å². The van der Waals surface area contributed by atoms with Gasteiger partial charge >= 0.3 is 0 Å². The first kappa shape index (κ1) is 18.0. The highest BCUT2D eigenvalue weighted by Gasteiger charge is 2.36. The SMILES string of the molecule is CC(C)NC(=O)c1cn(C[C@@H]2C[C@H](F)CN2C(=O)c2cnn(C)c2)nn1. The normalized spacial score (nSPS) is 20.0. The Labute approximate surface area is 150 Å². The van der Waals surface area contributed by atoms with Gasteiger partial charge in [0.1, 0.15) is 6.17 Å². The number of amides is 2. The Balaban J connectivity index is 1.70. The zero-order valence-electron chi connectivity index (χ0n) is 15.0. The van der Waals surface area contributed by atoms with E-state index in [4.69, 9.17) is 0 Å². The van der Waals surface area contributed by atoms with Gasteiger partial charge in [0.25, 0.3) is 11.8 Å². The lowest BCUT2D eigenvalue weighted by molar-refractivity contribution is 0.0714. The van der Waals surface area contributed by atoms with E-state index in [2.05, 4.69) is 20.7 Å². The van der Waals surface area contributed by atoms with E-state index < -0.39 is 6.17 Å². The van der Waals surface area contributed by atoms with Crippen LogP contribution in [0.3, 0.4) is 0 Å². The smallest absolute Gasteiger partial charge is 0.273 e. The molecular formula is C16H22FN7O2. The third-order valence-electron chi connectivity index (χ3n) is 4.16. The van der Waals surface area contributed by atoms with Gasteiger partial charge in [0.2, 0.25) is 0 Å². The van der Waals surface area contributed by atoms with Crippen molar-refractivity contribution in [3.8, 4) is 0 Å². The van der Waals surface area contributed by atoms with E-state index >= 15 is 0 Å². The molecule has 1 N–H and O–H groups in total. The molecule has 9 nitrogen and oxygen atoms in total. The first-order valence-electron chi connectivity index (χ1n) is 8.48. The summed E-state index contributed by atoms with van der Waals surface area (Å²) < 4.78 is 17.0. The molecule has 0 bridgehead atoms. The van der Waals surface area contributed by atoms with Crippen LogP contribution >= 0.6 is 0 Å². The Morgan fingerprint density at radius 3 is 2.81 bits per heavy atom. The molecule has 2 atom stereocenters. The van der Waals surface area contributed by atoms with Crippen LogP contribution in [0.15, 0.2) is 18.6 Å². The van der Waals surface area contributed by atoms with Crippen molar-refractivity contribution in [3.63, 3.8) is 0 Å². The van der Waals surface area contributed by atoms with Gasteiger partial charge in [-0.15, -0.1) is 5.10 Å². The van der Waals surface area contributed by atoms with Crippen LogP contribution in [0.25, 0.3) is 0 Å². The average Bonchev–Trinajstić information content (AvgIpc) is 3.27. The van der Waals surface area contributed by atoms with Gasteiger partial charge in [-0.05, 0) is 13.8 Å². The number of rotatable bonds is 5. The molecule has 3 rings (SSSR count). The van der Waals surface area contributed by atoms with Crippen molar-refractivity contribution >= 4 is 11.8 Å². The van der Waals surface area contributed by atoms with Crippen LogP contribution in [0.5, 0.6) is 0 Å². The predicted molar refractivity (Wildman–Crippen MR) is 90.2 cm³/mol. The van der Waals surface area contributed by atoms with Crippen molar-refractivity contribution in [2.75, 3.05) is 6.54 Å². The molecule has 1 aliphatic rings. The van der Waals surface area contributed by atoms with Crippen molar-refractivity contribution in [2.45, 2.75) is 45.1 Å². The molecule has 1 saturated heterocycles. The largest absolute Gasteiger partial charge is 0.348 e. The molecular weight excluding hydrogens is 341 g/mol. The highest BCUT2D eigenvalue weighted by molar-refractivity contribution is 5.94. The third kappa shape index (κ3) is 3.89. The quantitative estimate of drug-likeness (QED) is 0.829. The highest BCUT2D eigenvalue weighted by atomic mass is 19.1. The van der Waals surface area contributed by atoms with Gasteiger partial charge in [-0.2, -0.15) is 5.10 Å². The van der Waals surface area contributed by atoms with E-state index in [9.17, 15) is 14.0 Å². The van der Waals surface area contributed by atoms with E-state index in [0.717, 1.165) is 0 Å². The topological polar surface area (TPSA) is 97.9 Å². The fraction of sp³-hybridized carbons (Fsp3) is 0.562. The summed E-state index contributed by atoms with van der Waals surface area (Å²) in [6, 6.07) is -0.372. The van der Waals surface area contributed by atoms with Crippen LogP contribution in [0, 0.1) is 0 Å². The van der Waals surface area contributed by atoms with Crippen molar-refractivity contribution < 1.29 is 14.0 Å². The Morgan fingerprint density at radius 1 is 1.38 bits per heavy atom. The number of aromatic nitrogens is 5. The molecule has 0 unspecified atom stereocenters. The molecule has 2 amide bonds. The van der Waals surface area contributed by atoms with Crippen LogP contribution in [-0.4, -0.2) is 66.3 Å². The molecule has 140 valence electrons. The van der Waals surface area contributed by atoms with Crippen molar-refractivity contribution in [1.29, 1.82) is 0 Å². The second-order valence-electron chi connectivity index (χ2n) is 6.80. The maximum atomic E-state index is 14.0. The standard InChI is InChI=1S/C16H22FN7O2/c1-10(2)19-15(25)14-9-23(21-20-14)8-13-4-12(17)7-24(13)16(26)11-5-18-22(3)6-11/h5-6,9-10,12-13H,4,7-8H2,1-3H3,(H,19,25)/t12-,13-/m0/s1. The molecule has 2 aromatic heterocycles. The predicted octanol–water partition coefficient (Wildman–Crippen LogP) is 0.403. The number of nitrogens with zero attached hydrogens (tertiary/aromatic N) is 6. The monoisotopic (exact) mass is 363 g/mol. The Morgan fingerprint density at radius 2 is 2.15 bits per heavy atom. The summed E-state index contributed by atoms with van der Waals surface area (Å²) in [6.45, 7) is 4.01. The summed E-state index contributed by atoms with van der Waals surface area (Å²) in [5.41, 5.74) is 0.612. The van der Waals surface area contributed by atoms with Crippen molar-refractivity contribution in [1.82, 2.24) is 35.0 Å². The van der Waals surface area contributed by atoms with Crippen molar-refractivity contribution in [2.24, 2.45) is 7.05 Å². The van der Waals surface area contributed by atoms with Crippen LogP contribution < -0.4 is 5.32 Å². The fourth-order valence-electron chi connectivity index (χ4n) is 3.02. The fourth-order valence-corrected chi connectivity index (χ4v) is 3.02. The number of likely N-dealkylation sites (tertiary alicyclic amines) is 1. The summed E-state index contributed by atoms with van der Waals surface area (Å²) in [5, 5.41) is 14.5. The van der Waals surface area contributed by atoms with E-state index in [1.54, 1.807) is 13.2 Å². The second-order valence-corrected chi connectivity index (χ2v) is 6.80. The molecule has 0 aromatic carbocycles. The molecule has 1 fully saturated rings. The minimum absolute atomic E-state index is 0.0117.